The Morgan fingerprint density at radius 1 is 0.636 bits per heavy atom. The lowest BCUT2D eigenvalue weighted by Crippen LogP contribution is -2.11. The topological polar surface area (TPSA) is 43.1 Å². The first-order valence-electron chi connectivity index (χ1n) is 7.25. The summed E-state index contributed by atoms with van der Waals surface area (Å²) in [6.45, 7) is 0. The molecule has 0 radical (unpaired) electrons. The van der Waals surface area contributed by atoms with Crippen LogP contribution in [0.1, 0.15) is 33.0 Å². The van der Waals surface area contributed by atoms with Crippen LogP contribution < -0.4 is 5.73 Å². The fraction of sp³-hybridized carbons (Fsp3) is 0.0500. The molecule has 0 aliphatic rings. The number of primary amides is 1. The normalized spacial score (nSPS) is 10.6. The first-order valence-corrected chi connectivity index (χ1v) is 7.25. The zero-order chi connectivity index (χ0) is 15.4. The van der Waals surface area contributed by atoms with Crippen LogP contribution in [0.5, 0.6) is 0 Å². The summed E-state index contributed by atoms with van der Waals surface area (Å²) in [5.41, 5.74) is 9.44. The van der Waals surface area contributed by atoms with Gasteiger partial charge < -0.3 is 5.73 Å². The van der Waals surface area contributed by atoms with Gasteiger partial charge in [-0.2, -0.15) is 0 Å². The van der Waals surface area contributed by atoms with E-state index < -0.39 is 5.91 Å². The molecule has 0 unspecified atom stereocenters. The molecule has 0 heterocycles. The van der Waals surface area contributed by atoms with Crippen LogP contribution in [0.25, 0.3) is 0 Å². The second kappa shape index (κ2) is 6.27. The molecule has 108 valence electrons. The van der Waals surface area contributed by atoms with E-state index in [-0.39, 0.29) is 5.92 Å². The van der Waals surface area contributed by atoms with E-state index in [1.807, 2.05) is 48.5 Å². The average molecular weight is 287 g/mol. The second-order valence-corrected chi connectivity index (χ2v) is 5.24. The fourth-order valence-electron chi connectivity index (χ4n) is 2.71. The van der Waals surface area contributed by atoms with Gasteiger partial charge in [0.1, 0.15) is 0 Å². The molecule has 0 spiro atoms. The Kier molecular flexibility index (Phi) is 4.01. The first-order chi connectivity index (χ1) is 10.8. The minimum Gasteiger partial charge on any atom is -0.366 e. The highest BCUT2D eigenvalue weighted by atomic mass is 16.1. The Bertz CT molecular complexity index is 709. The predicted molar refractivity (Wildman–Crippen MR) is 88.8 cm³/mol. The van der Waals surface area contributed by atoms with Crippen LogP contribution in [0.4, 0.5) is 0 Å². The Morgan fingerprint density at radius 2 is 1.05 bits per heavy atom. The molecule has 0 aliphatic heterocycles. The van der Waals surface area contributed by atoms with Crippen LogP contribution in [0.15, 0.2) is 84.9 Å². The van der Waals surface area contributed by atoms with Crippen LogP contribution in [0.3, 0.4) is 0 Å². The predicted octanol–water partition coefficient (Wildman–Crippen LogP) is 3.97. The number of amides is 1. The molecule has 2 heteroatoms. The molecule has 0 saturated carbocycles. The molecule has 2 N–H and O–H groups in total. The van der Waals surface area contributed by atoms with Crippen molar-refractivity contribution in [3.05, 3.63) is 107 Å². The van der Waals surface area contributed by atoms with Gasteiger partial charge in [0, 0.05) is 11.5 Å². The van der Waals surface area contributed by atoms with Crippen LogP contribution in [0.2, 0.25) is 0 Å². The summed E-state index contributed by atoms with van der Waals surface area (Å²) in [5, 5.41) is 0. The minimum atomic E-state index is -0.400. The molecule has 0 atom stereocenters. The highest BCUT2D eigenvalue weighted by Crippen LogP contribution is 2.31. The van der Waals surface area contributed by atoms with E-state index in [2.05, 4.69) is 24.3 Å². The molecule has 1 amide bonds. The standard InChI is InChI=1S/C20H17NO/c21-20(22)18-13-11-17(12-14-18)19(15-7-3-1-4-8-15)16-9-5-2-6-10-16/h1-14,19H,(H2,21,22). The van der Waals surface area contributed by atoms with Gasteiger partial charge in [0.2, 0.25) is 5.91 Å². The lowest BCUT2D eigenvalue weighted by molar-refractivity contribution is 0.100. The van der Waals surface area contributed by atoms with Crippen molar-refractivity contribution >= 4 is 5.91 Å². The van der Waals surface area contributed by atoms with Crippen molar-refractivity contribution in [2.24, 2.45) is 5.73 Å². The van der Waals surface area contributed by atoms with Gasteiger partial charge in [0.05, 0.1) is 0 Å². The van der Waals surface area contributed by atoms with E-state index in [0.29, 0.717) is 5.56 Å². The van der Waals surface area contributed by atoms with Crippen LogP contribution in [0, 0.1) is 0 Å². The first kappa shape index (κ1) is 14.1. The molecule has 3 aromatic carbocycles. The van der Waals surface area contributed by atoms with Gasteiger partial charge in [-0.15, -0.1) is 0 Å². The zero-order valence-electron chi connectivity index (χ0n) is 12.1. The molecule has 0 aliphatic carbocycles. The van der Waals surface area contributed by atoms with E-state index in [4.69, 9.17) is 5.73 Å². The van der Waals surface area contributed by atoms with Crippen molar-refractivity contribution in [3.63, 3.8) is 0 Å². The van der Waals surface area contributed by atoms with Gasteiger partial charge in [0.15, 0.2) is 0 Å². The third-order valence-electron chi connectivity index (χ3n) is 3.79. The van der Waals surface area contributed by atoms with Gasteiger partial charge >= 0.3 is 0 Å². The summed E-state index contributed by atoms with van der Waals surface area (Å²) in [6, 6.07) is 28.2. The average Bonchev–Trinajstić information content (AvgIpc) is 2.57. The van der Waals surface area contributed by atoms with Crippen molar-refractivity contribution < 1.29 is 4.79 Å². The lowest BCUT2D eigenvalue weighted by atomic mass is 9.85. The van der Waals surface area contributed by atoms with E-state index >= 15 is 0 Å². The van der Waals surface area contributed by atoms with Gasteiger partial charge in [-0.05, 0) is 28.8 Å². The molecule has 0 aromatic heterocycles. The van der Waals surface area contributed by atoms with E-state index in [1.54, 1.807) is 12.1 Å². The van der Waals surface area contributed by atoms with Crippen molar-refractivity contribution in [2.75, 3.05) is 0 Å². The fourth-order valence-corrected chi connectivity index (χ4v) is 2.71. The lowest BCUT2D eigenvalue weighted by Gasteiger charge is -2.19. The molecular formula is C20H17NO. The highest BCUT2D eigenvalue weighted by molar-refractivity contribution is 5.92. The molecule has 2 nitrogen and oxygen atoms in total. The minimum absolute atomic E-state index is 0.143. The maximum absolute atomic E-state index is 11.2. The molecule has 0 fully saturated rings. The highest BCUT2D eigenvalue weighted by Gasteiger charge is 2.16. The Hall–Kier alpha value is -2.87. The molecule has 0 saturated heterocycles. The smallest absolute Gasteiger partial charge is 0.248 e. The summed E-state index contributed by atoms with van der Waals surface area (Å²) < 4.78 is 0. The van der Waals surface area contributed by atoms with Crippen LogP contribution in [-0.2, 0) is 0 Å². The van der Waals surface area contributed by atoms with Crippen LogP contribution >= 0.6 is 0 Å². The molecule has 0 bridgehead atoms. The number of benzene rings is 3. The number of nitrogens with two attached hydrogens (primary N) is 1. The van der Waals surface area contributed by atoms with E-state index in [1.165, 1.54) is 11.1 Å². The number of rotatable bonds is 4. The van der Waals surface area contributed by atoms with E-state index in [0.717, 1.165) is 5.56 Å². The summed E-state index contributed by atoms with van der Waals surface area (Å²) in [7, 11) is 0. The van der Waals surface area contributed by atoms with Crippen molar-refractivity contribution in [1.82, 2.24) is 0 Å². The molecule has 22 heavy (non-hydrogen) atoms. The van der Waals surface area contributed by atoms with Gasteiger partial charge in [-0.3, -0.25) is 4.79 Å². The third-order valence-corrected chi connectivity index (χ3v) is 3.79. The zero-order valence-corrected chi connectivity index (χ0v) is 12.1. The van der Waals surface area contributed by atoms with Crippen molar-refractivity contribution in [3.8, 4) is 0 Å². The maximum atomic E-state index is 11.2. The van der Waals surface area contributed by atoms with Crippen molar-refractivity contribution in [2.45, 2.75) is 5.92 Å². The Morgan fingerprint density at radius 3 is 1.45 bits per heavy atom. The van der Waals surface area contributed by atoms with Gasteiger partial charge in [0.25, 0.3) is 0 Å². The Labute approximate surface area is 130 Å². The van der Waals surface area contributed by atoms with Gasteiger partial charge in [-0.25, -0.2) is 0 Å². The van der Waals surface area contributed by atoms with Crippen molar-refractivity contribution in [1.29, 1.82) is 0 Å². The summed E-state index contributed by atoms with van der Waals surface area (Å²) in [4.78, 5) is 11.2. The Balaban J connectivity index is 2.08. The van der Waals surface area contributed by atoms with E-state index in [9.17, 15) is 4.79 Å². The summed E-state index contributed by atoms with van der Waals surface area (Å²) in [6.07, 6.45) is 0. The molecular weight excluding hydrogens is 270 g/mol. The number of carbonyl (C=O) groups excluding carboxylic acids is 1. The summed E-state index contributed by atoms with van der Waals surface area (Å²) >= 11 is 0. The number of hydrogen-bond donors (Lipinski definition) is 1. The van der Waals surface area contributed by atoms with Gasteiger partial charge in [-0.1, -0.05) is 72.8 Å². The number of hydrogen-bond acceptors (Lipinski definition) is 1. The molecule has 3 aromatic rings. The van der Waals surface area contributed by atoms with Crippen LogP contribution in [-0.4, -0.2) is 5.91 Å². The quantitative estimate of drug-likeness (QED) is 0.725. The monoisotopic (exact) mass is 287 g/mol. The molecule has 3 rings (SSSR count). The maximum Gasteiger partial charge on any atom is 0.248 e. The summed E-state index contributed by atoms with van der Waals surface area (Å²) in [5.74, 6) is -0.258. The number of carbonyl (C=O) groups is 1. The largest absolute Gasteiger partial charge is 0.366 e. The second-order valence-electron chi connectivity index (χ2n) is 5.24. The SMILES string of the molecule is NC(=O)c1ccc(C(c2ccccc2)c2ccccc2)cc1. The third kappa shape index (κ3) is 2.91.